The largest absolute Gasteiger partial charge is 0.455 e. The van der Waals surface area contributed by atoms with Crippen molar-refractivity contribution in [3.05, 3.63) is 186 Å². The van der Waals surface area contributed by atoms with Gasteiger partial charge in [-0.15, -0.1) is 0 Å². The Morgan fingerprint density at radius 1 is 0.517 bits per heavy atom. The van der Waals surface area contributed by atoms with E-state index >= 15 is 0 Å². The smallest absolute Gasteiger partial charge is 0.143 e. The van der Waals surface area contributed by atoms with E-state index in [1.807, 2.05) is 19.1 Å². The van der Waals surface area contributed by atoms with E-state index in [1.165, 1.54) is 55.6 Å². The summed E-state index contributed by atoms with van der Waals surface area (Å²) < 4.78 is 13.2. The first kappa shape index (κ1) is 34.4. The van der Waals surface area contributed by atoms with Crippen LogP contribution in [0, 0.1) is 0 Å². The molecule has 0 N–H and O–H groups in total. The maximum absolute atomic E-state index is 6.63. The summed E-state index contributed by atoms with van der Waals surface area (Å²) >= 11 is 0. The molecule has 9 aromatic rings. The van der Waals surface area contributed by atoms with E-state index in [4.69, 9.17) is 8.83 Å². The summed E-state index contributed by atoms with van der Waals surface area (Å²) in [5, 5.41) is 3.43. The van der Waals surface area contributed by atoms with Gasteiger partial charge in [0.05, 0.1) is 0 Å². The number of fused-ring (bicyclic) bond motifs is 12. The van der Waals surface area contributed by atoms with Gasteiger partial charge < -0.3 is 13.7 Å². The molecule has 0 saturated carbocycles. The second kappa shape index (κ2) is 12.3. The van der Waals surface area contributed by atoms with Crippen LogP contribution in [0.3, 0.4) is 0 Å². The highest BCUT2D eigenvalue weighted by atomic mass is 16.3. The molecule has 0 saturated heterocycles. The zero-order valence-electron chi connectivity index (χ0n) is 33.5. The molecule has 0 amide bonds. The highest BCUT2D eigenvalue weighted by molar-refractivity contribution is 6.12. The van der Waals surface area contributed by atoms with Gasteiger partial charge in [-0.3, -0.25) is 0 Å². The lowest BCUT2D eigenvalue weighted by Gasteiger charge is -2.30. The summed E-state index contributed by atoms with van der Waals surface area (Å²) in [6, 6.07) is 51.0. The first-order valence-electron chi connectivity index (χ1n) is 20.2. The summed E-state index contributed by atoms with van der Waals surface area (Å²) in [6.07, 6.45) is 6.01. The van der Waals surface area contributed by atoms with Gasteiger partial charge >= 0.3 is 0 Å². The molecule has 0 unspecified atom stereocenters. The normalized spacial score (nSPS) is 14.6. The number of anilines is 3. The Labute approximate surface area is 339 Å². The molecule has 0 radical (unpaired) electrons. The molecule has 3 nitrogen and oxygen atoms in total. The maximum atomic E-state index is 6.63. The number of rotatable bonds is 6. The standard InChI is InChI=1S/C55H43NO2/c1-7-14-38-40-27-29-44-50(52(40)57-48(38)8-2)42-25-23-36(31-46(42)54(44,3)4)56(35-21-19-34(20-22-35)33-15-10-9-11-16-33)37-24-26-43-47(32-37)55(5,6)45-30-28-41-39-17-12-13-18-49(39)58-53(41)51(43)45/h7-32H,2H2,1,3-6H3/b14-7-. The van der Waals surface area contributed by atoms with Crippen LogP contribution in [0.4, 0.5) is 17.1 Å². The van der Waals surface area contributed by atoms with Gasteiger partial charge in [0, 0.05) is 60.7 Å². The summed E-state index contributed by atoms with van der Waals surface area (Å²) in [4.78, 5) is 2.42. The number of nitrogens with zero attached hydrogens (tertiary/aromatic N) is 1. The second-order valence-corrected chi connectivity index (χ2v) is 16.9. The van der Waals surface area contributed by atoms with Crippen molar-refractivity contribution in [3.8, 4) is 33.4 Å². The molecule has 2 aliphatic carbocycles. The van der Waals surface area contributed by atoms with Gasteiger partial charge in [-0.25, -0.2) is 0 Å². The van der Waals surface area contributed by atoms with Gasteiger partial charge in [-0.05, 0) is 100.0 Å². The highest BCUT2D eigenvalue weighted by Crippen LogP contribution is 2.56. The van der Waals surface area contributed by atoms with E-state index in [1.54, 1.807) is 0 Å². The van der Waals surface area contributed by atoms with Gasteiger partial charge in [0.2, 0.25) is 0 Å². The molecule has 0 aliphatic heterocycles. The molecule has 11 rings (SSSR count). The molecule has 58 heavy (non-hydrogen) atoms. The van der Waals surface area contributed by atoms with Crippen LogP contribution in [0.5, 0.6) is 0 Å². The molecular formula is C55H43NO2. The fourth-order valence-corrected chi connectivity index (χ4v) is 10.0. The van der Waals surface area contributed by atoms with Crippen LogP contribution in [0.25, 0.3) is 78.4 Å². The van der Waals surface area contributed by atoms with Crippen LogP contribution in [0.1, 0.15) is 68.2 Å². The number of allylic oxidation sites excluding steroid dienone is 1. The Kier molecular flexibility index (Phi) is 7.31. The summed E-state index contributed by atoms with van der Waals surface area (Å²) in [5.74, 6) is 0.803. The summed E-state index contributed by atoms with van der Waals surface area (Å²) in [5.41, 5.74) is 19.1. The van der Waals surface area contributed by atoms with E-state index in [-0.39, 0.29) is 10.8 Å². The molecule has 2 heterocycles. The van der Waals surface area contributed by atoms with Crippen molar-refractivity contribution >= 4 is 62.1 Å². The first-order valence-corrected chi connectivity index (χ1v) is 20.2. The Morgan fingerprint density at radius 3 is 1.69 bits per heavy atom. The van der Waals surface area contributed by atoms with Crippen molar-refractivity contribution in [2.24, 2.45) is 0 Å². The van der Waals surface area contributed by atoms with Crippen molar-refractivity contribution in [2.45, 2.75) is 45.4 Å². The predicted molar refractivity (Wildman–Crippen MR) is 244 cm³/mol. The van der Waals surface area contributed by atoms with Crippen LogP contribution in [0.2, 0.25) is 0 Å². The molecule has 280 valence electrons. The van der Waals surface area contributed by atoms with Crippen molar-refractivity contribution < 1.29 is 8.83 Å². The molecule has 0 bridgehead atoms. The summed E-state index contributed by atoms with van der Waals surface area (Å²) in [6.45, 7) is 15.5. The first-order chi connectivity index (χ1) is 28.2. The minimum Gasteiger partial charge on any atom is -0.455 e. The zero-order valence-corrected chi connectivity index (χ0v) is 33.5. The zero-order chi connectivity index (χ0) is 39.5. The average molecular weight is 750 g/mol. The fourth-order valence-electron chi connectivity index (χ4n) is 10.0. The SMILES string of the molecule is C=Cc1oc2c3c(ccc2c1/C=C\C)C(C)(C)c1cc(N(c2ccc(-c4ccccc4)cc2)c2ccc4c(c2)C(C)(C)c2ccc5c(oc6ccccc65)c2-4)ccc1-3. The van der Waals surface area contributed by atoms with E-state index in [2.05, 4.69) is 185 Å². The van der Waals surface area contributed by atoms with Crippen molar-refractivity contribution in [1.29, 1.82) is 0 Å². The lowest BCUT2D eigenvalue weighted by Crippen LogP contribution is -2.18. The van der Waals surface area contributed by atoms with Crippen molar-refractivity contribution in [2.75, 3.05) is 4.90 Å². The third-order valence-corrected chi connectivity index (χ3v) is 13.0. The predicted octanol–water partition coefficient (Wildman–Crippen LogP) is 15.8. The number of benzene rings is 7. The fraction of sp³-hybridized carbons (Fsp3) is 0.127. The third kappa shape index (κ3) is 4.74. The molecule has 0 fully saturated rings. The molecule has 0 atom stereocenters. The molecule has 2 aliphatic rings. The van der Waals surface area contributed by atoms with Gasteiger partial charge in [-0.1, -0.05) is 143 Å². The van der Waals surface area contributed by atoms with Gasteiger partial charge in [-0.2, -0.15) is 0 Å². The van der Waals surface area contributed by atoms with Crippen LogP contribution in [-0.4, -0.2) is 0 Å². The second-order valence-electron chi connectivity index (χ2n) is 16.9. The van der Waals surface area contributed by atoms with Crippen molar-refractivity contribution in [3.63, 3.8) is 0 Å². The molecular weight excluding hydrogens is 707 g/mol. The number of furan rings is 2. The minimum absolute atomic E-state index is 0.233. The number of hydrogen-bond donors (Lipinski definition) is 0. The Balaban J connectivity index is 1.10. The van der Waals surface area contributed by atoms with Gasteiger partial charge in [0.15, 0.2) is 0 Å². The lowest BCUT2D eigenvalue weighted by molar-refractivity contribution is 0.603. The van der Waals surface area contributed by atoms with E-state index in [0.29, 0.717) is 0 Å². The Hall–Kier alpha value is -6.84. The van der Waals surface area contributed by atoms with Gasteiger partial charge in [0.1, 0.15) is 22.5 Å². The maximum Gasteiger partial charge on any atom is 0.143 e. The van der Waals surface area contributed by atoms with Crippen LogP contribution in [0.15, 0.2) is 161 Å². The van der Waals surface area contributed by atoms with Crippen LogP contribution in [-0.2, 0) is 10.8 Å². The van der Waals surface area contributed by atoms with Crippen LogP contribution < -0.4 is 4.90 Å². The monoisotopic (exact) mass is 749 g/mol. The van der Waals surface area contributed by atoms with E-state index in [9.17, 15) is 0 Å². The molecule has 7 aromatic carbocycles. The third-order valence-electron chi connectivity index (χ3n) is 13.0. The topological polar surface area (TPSA) is 29.5 Å². The highest BCUT2D eigenvalue weighted by Gasteiger charge is 2.40. The quantitative estimate of drug-likeness (QED) is 0.170. The summed E-state index contributed by atoms with van der Waals surface area (Å²) in [7, 11) is 0. The van der Waals surface area contributed by atoms with E-state index < -0.39 is 0 Å². The lowest BCUT2D eigenvalue weighted by atomic mass is 9.81. The van der Waals surface area contributed by atoms with E-state index in [0.717, 1.165) is 61.3 Å². The molecule has 3 heteroatoms. The Morgan fingerprint density at radius 2 is 1.07 bits per heavy atom. The molecule has 0 spiro atoms. The number of hydrogen-bond acceptors (Lipinski definition) is 3. The average Bonchev–Trinajstić information content (AvgIpc) is 3.94. The number of para-hydroxylation sites is 1. The van der Waals surface area contributed by atoms with Crippen LogP contribution >= 0.6 is 0 Å². The Bertz CT molecular complexity index is 3190. The minimum atomic E-state index is -0.251. The van der Waals surface area contributed by atoms with Crippen molar-refractivity contribution in [1.82, 2.24) is 0 Å². The molecule has 2 aromatic heterocycles. The van der Waals surface area contributed by atoms with Gasteiger partial charge in [0.25, 0.3) is 0 Å².